The number of piperazine rings is 1. The molecule has 7 heteroatoms. The lowest BCUT2D eigenvalue weighted by molar-refractivity contribution is -0.115. The first kappa shape index (κ1) is 29.1. The Morgan fingerprint density at radius 2 is 1.53 bits per heavy atom. The topological polar surface area (TPSA) is 52.0 Å². The number of amides is 2. The fraction of sp³-hybridized carbons (Fsp3) is 0.389. The summed E-state index contributed by atoms with van der Waals surface area (Å²) in [6.07, 6.45) is 4.79. The van der Waals surface area contributed by atoms with E-state index in [-0.39, 0.29) is 17.2 Å². The van der Waals surface area contributed by atoms with Crippen molar-refractivity contribution in [3.05, 3.63) is 107 Å². The molecule has 0 bridgehead atoms. The summed E-state index contributed by atoms with van der Waals surface area (Å²) in [6, 6.07) is 22.5. The monoisotopic (exact) mass is 577 g/mol. The van der Waals surface area contributed by atoms with Crippen molar-refractivity contribution < 1.29 is 9.59 Å². The van der Waals surface area contributed by atoms with Crippen molar-refractivity contribution >= 4 is 23.1 Å². The van der Waals surface area contributed by atoms with Gasteiger partial charge < -0.3 is 19.3 Å². The first-order chi connectivity index (χ1) is 20.7. The standard InChI is InChI=1S/C36H43N5O2/c1-36(2)24-28(14-16-31(36)27-10-6-5-7-11-27)34(42)41-26-30-15-17-33(40(30)25-29-12-8-9-13-32(29)41)35(43)39-22-20-38(21-23-39)19-18-37(3)4/h5-17H,18-26H2,1-4H3. The second-order valence-electron chi connectivity index (χ2n) is 13.0. The van der Waals surface area contributed by atoms with Gasteiger partial charge >= 0.3 is 0 Å². The van der Waals surface area contributed by atoms with Crippen LogP contribution in [0.1, 0.15) is 47.6 Å². The number of anilines is 1. The number of hydrogen-bond acceptors (Lipinski definition) is 4. The Labute approximate surface area is 255 Å². The number of aromatic nitrogens is 1. The molecule has 1 aromatic heterocycles. The SMILES string of the molecule is CN(C)CCN1CCN(C(=O)c2ccc3n2Cc2ccccc2N(C(=O)C2=CC=C(c4ccccc4)C(C)(C)C2)C3)CC1. The first-order valence-electron chi connectivity index (χ1n) is 15.4. The quantitative estimate of drug-likeness (QED) is 0.407. The van der Waals surface area contributed by atoms with Crippen LogP contribution in [0.2, 0.25) is 0 Å². The van der Waals surface area contributed by atoms with Gasteiger partial charge in [0.05, 0.1) is 13.1 Å². The van der Waals surface area contributed by atoms with Gasteiger partial charge in [-0.3, -0.25) is 14.5 Å². The summed E-state index contributed by atoms with van der Waals surface area (Å²) in [4.78, 5) is 36.6. The fourth-order valence-corrected chi connectivity index (χ4v) is 6.67. The Morgan fingerprint density at radius 1 is 0.814 bits per heavy atom. The van der Waals surface area contributed by atoms with Crippen molar-refractivity contribution in [3.63, 3.8) is 0 Å². The molecule has 0 N–H and O–H groups in total. The van der Waals surface area contributed by atoms with E-state index in [1.165, 1.54) is 11.1 Å². The van der Waals surface area contributed by atoms with Crippen LogP contribution in [0.5, 0.6) is 0 Å². The third-order valence-corrected chi connectivity index (χ3v) is 9.16. The minimum absolute atomic E-state index is 0.0280. The van der Waals surface area contributed by atoms with E-state index in [0.29, 0.717) is 25.2 Å². The molecule has 6 rings (SSSR count). The molecule has 3 aliphatic rings. The first-order valence-corrected chi connectivity index (χ1v) is 15.4. The molecule has 0 radical (unpaired) electrons. The lowest BCUT2D eigenvalue weighted by Gasteiger charge is -2.35. The molecule has 3 heterocycles. The number of carbonyl (C=O) groups excluding carboxylic acids is 2. The maximum absolute atomic E-state index is 14.3. The molecular formula is C36H43N5O2. The third kappa shape index (κ3) is 5.97. The molecule has 2 aliphatic heterocycles. The van der Waals surface area contributed by atoms with E-state index in [0.717, 1.165) is 61.8 Å². The van der Waals surface area contributed by atoms with Gasteiger partial charge in [-0.15, -0.1) is 0 Å². The van der Waals surface area contributed by atoms with Crippen LogP contribution >= 0.6 is 0 Å². The second-order valence-corrected chi connectivity index (χ2v) is 13.0. The van der Waals surface area contributed by atoms with E-state index >= 15 is 0 Å². The van der Waals surface area contributed by atoms with E-state index in [9.17, 15) is 9.59 Å². The van der Waals surface area contributed by atoms with Gasteiger partial charge in [-0.2, -0.15) is 0 Å². The molecule has 1 saturated heterocycles. The van der Waals surface area contributed by atoms with Crippen LogP contribution in [-0.2, 0) is 17.9 Å². The van der Waals surface area contributed by atoms with Gasteiger partial charge in [0.15, 0.2) is 0 Å². The van der Waals surface area contributed by atoms with Crippen LogP contribution in [0.3, 0.4) is 0 Å². The highest BCUT2D eigenvalue weighted by atomic mass is 16.2. The van der Waals surface area contributed by atoms with Crippen LogP contribution in [0.25, 0.3) is 5.57 Å². The summed E-state index contributed by atoms with van der Waals surface area (Å²) in [5.41, 5.74) is 6.72. The number of allylic oxidation sites excluding steroid dienone is 3. The highest BCUT2D eigenvalue weighted by molar-refractivity contribution is 6.07. The summed E-state index contributed by atoms with van der Waals surface area (Å²) < 4.78 is 2.12. The maximum Gasteiger partial charge on any atom is 0.270 e. The number of para-hydroxylation sites is 1. The van der Waals surface area contributed by atoms with Gasteiger partial charge in [-0.1, -0.05) is 74.5 Å². The molecule has 3 aromatic rings. The predicted molar refractivity (Wildman–Crippen MR) is 173 cm³/mol. The Hall–Kier alpha value is -3.94. The number of fused-ring (bicyclic) bond motifs is 2. The normalized spacial score (nSPS) is 18.4. The molecule has 2 aromatic carbocycles. The van der Waals surface area contributed by atoms with Crippen molar-refractivity contribution in [1.82, 2.24) is 19.3 Å². The number of nitrogens with zero attached hydrogens (tertiary/aromatic N) is 5. The number of hydrogen-bond donors (Lipinski definition) is 0. The summed E-state index contributed by atoms with van der Waals surface area (Å²) in [7, 11) is 4.19. The molecule has 0 atom stereocenters. The summed E-state index contributed by atoms with van der Waals surface area (Å²) in [5.74, 6) is 0.103. The molecule has 224 valence electrons. The van der Waals surface area contributed by atoms with Crippen molar-refractivity contribution in [2.45, 2.75) is 33.4 Å². The lowest BCUT2D eigenvalue weighted by Crippen LogP contribution is -2.50. The summed E-state index contributed by atoms with van der Waals surface area (Å²) >= 11 is 0. The van der Waals surface area contributed by atoms with Gasteiger partial charge in [0.1, 0.15) is 5.69 Å². The van der Waals surface area contributed by atoms with Crippen LogP contribution in [0.15, 0.2) is 84.5 Å². The number of carbonyl (C=O) groups is 2. The Bertz CT molecular complexity index is 1560. The van der Waals surface area contributed by atoms with Crippen LogP contribution in [0.4, 0.5) is 5.69 Å². The van der Waals surface area contributed by atoms with Crippen molar-refractivity contribution in [3.8, 4) is 0 Å². The van der Waals surface area contributed by atoms with E-state index in [4.69, 9.17) is 0 Å². The molecule has 7 nitrogen and oxygen atoms in total. The Balaban J connectivity index is 1.25. The number of benzene rings is 2. The minimum Gasteiger partial charge on any atom is -0.335 e. The lowest BCUT2D eigenvalue weighted by atomic mass is 9.72. The largest absolute Gasteiger partial charge is 0.335 e. The Morgan fingerprint density at radius 3 is 2.26 bits per heavy atom. The molecule has 1 aliphatic carbocycles. The second kappa shape index (κ2) is 12.0. The van der Waals surface area contributed by atoms with Gasteiger partial charge in [-0.25, -0.2) is 0 Å². The molecule has 0 unspecified atom stereocenters. The zero-order chi connectivity index (χ0) is 30.1. The maximum atomic E-state index is 14.3. The van der Waals surface area contributed by atoms with Gasteiger partial charge in [-0.05, 0) is 60.8 Å². The van der Waals surface area contributed by atoms with Crippen LogP contribution in [0, 0.1) is 5.41 Å². The number of likely N-dealkylation sites (N-methyl/N-ethyl adjacent to an activating group) is 1. The minimum atomic E-state index is -0.178. The molecular weight excluding hydrogens is 534 g/mol. The molecule has 0 saturated carbocycles. The summed E-state index contributed by atoms with van der Waals surface area (Å²) in [5, 5.41) is 0. The average Bonchev–Trinajstić information content (AvgIpc) is 3.32. The van der Waals surface area contributed by atoms with Gasteiger partial charge in [0.2, 0.25) is 0 Å². The average molecular weight is 578 g/mol. The van der Waals surface area contributed by atoms with E-state index in [1.807, 2.05) is 52.3 Å². The molecule has 2 amide bonds. The molecule has 43 heavy (non-hydrogen) atoms. The zero-order valence-electron chi connectivity index (χ0n) is 25.9. The van der Waals surface area contributed by atoms with E-state index < -0.39 is 0 Å². The van der Waals surface area contributed by atoms with Crippen LogP contribution < -0.4 is 4.90 Å². The van der Waals surface area contributed by atoms with E-state index in [1.54, 1.807) is 0 Å². The Kier molecular flexibility index (Phi) is 8.12. The number of rotatable bonds is 6. The molecule has 0 spiro atoms. The third-order valence-electron chi connectivity index (χ3n) is 9.16. The van der Waals surface area contributed by atoms with Crippen molar-refractivity contribution in [2.75, 3.05) is 58.3 Å². The smallest absolute Gasteiger partial charge is 0.270 e. The predicted octanol–water partition coefficient (Wildman–Crippen LogP) is 5.14. The highest BCUT2D eigenvalue weighted by Crippen LogP contribution is 2.43. The van der Waals surface area contributed by atoms with Crippen molar-refractivity contribution in [1.29, 1.82) is 0 Å². The van der Waals surface area contributed by atoms with Gasteiger partial charge in [0.25, 0.3) is 11.8 Å². The molecule has 1 fully saturated rings. The zero-order valence-corrected chi connectivity index (χ0v) is 25.9. The van der Waals surface area contributed by atoms with E-state index in [2.05, 4.69) is 78.7 Å². The summed E-state index contributed by atoms with van der Waals surface area (Å²) in [6.45, 7) is 10.7. The van der Waals surface area contributed by atoms with Crippen LogP contribution in [-0.4, -0.2) is 84.4 Å². The van der Waals surface area contributed by atoms with Gasteiger partial charge in [0, 0.05) is 56.2 Å². The highest BCUT2D eigenvalue weighted by Gasteiger charge is 2.35. The fourth-order valence-electron chi connectivity index (χ4n) is 6.67. The van der Waals surface area contributed by atoms with Crippen molar-refractivity contribution in [2.24, 2.45) is 5.41 Å².